The third-order valence-corrected chi connectivity index (χ3v) is 3.75. The molecule has 0 spiro atoms. The first-order valence-electron chi connectivity index (χ1n) is 8.25. The molecule has 6 heteroatoms. The Balaban J connectivity index is 2.10. The van der Waals surface area contributed by atoms with Crippen molar-refractivity contribution in [3.05, 3.63) is 77.4 Å². The van der Waals surface area contributed by atoms with Gasteiger partial charge >= 0.3 is 11.9 Å². The van der Waals surface area contributed by atoms with Crippen LogP contribution in [0.1, 0.15) is 27.6 Å². The minimum Gasteiger partial charge on any atom is -0.465 e. The molecule has 0 aliphatic carbocycles. The lowest BCUT2D eigenvalue weighted by atomic mass is 10.1. The Bertz CT molecular complexity index is 825. The van der Waals surface area contributed by atoms with Gasteiger partial charge in [-0.3, -0.25) is 4.79 Å². The van der Waals surface area contributed by atoms with E-state index >= 15 is 0 Å². The lowest BCUT2D eigenvalue weighted by molar-refractivity contribution is -0.155. The number of benzene rings is 2. The van der Waals surface area contributed by atoms with E-state index in [0.717, 1.165) is 0 Å². The zero-order chi connectivity index (χ0) is 19.8. The minimum atomic E-state index is -1.01. The number of hydrogen-bond acceptors (Lipinski definition) is 5. The number of ether oxygens (including phenoxy) is 2. The largest absolute Gasteiger partial charge is 0.465 e. The quantitative estimate of drug-likeness (QED) is 0.580. The van der Waals surface area contributed by atoms with Gasteiger partial charge in [0.05, 0.1) is 12.7 Å². The van der Waals surface area contributed by atoms with E-state index in [9.17, 15) is 14.4 Å². The first-order chi connectivity index (χ1) is 12.9. The molecule has 0 saturated carbocycles. The van der Waals surface area contributed by atoms with E-state index in [4.69, 9.17) is 4.74 Å². The van der Waals surface area contributed by atoms with E-state index < -0.39 is 18.0 Å². The molecule has 2 aromatic rings. The van der Waals surface area contributed by atoms with Crippen molar-refractivity contribution in [2.75, 3.05) is 21.2 Å². The fourth-order valence-corrected chi connectivity index (χ4v) is 2.29. The molecule has 0 bridgehead atoms. The Labute approximate surface area is 158 Å². The fraction of sp³-hybridized carbons (Fsp3) is 0.190. The standard InChI is InChI=1S/C21H21NO5/c1-22(2)20(24)19(16-7-5-4-6-8-16)27-18(23)14-11-15-9-12-17(13-10-15)21(25)26-3/h4-14,19H,1-3H3/b14-11+/t19-/m1/s1. The van der Waals surface area contributed by atoms with E-state index in [-0.39, 0.29) is 5.91 Å². The Kier molecular flexibility index (Phi) is 6.88. The van der Waals surface area contributed by atoms with Crippen LogP contribution in [-0.4, -0.2) is 44.0 Å². The fourth-order valence-electron chi connectivity index (χ4n) is 2.29. The van der Waals surface area contributed by atoms with E-state index in [0.29, 0.717) is 16.7 Å². The second-order valence-corrected chi connectivity index (χ2v) is 5.91. The van der Waals surface area contributed by atoms with Crippen LogP contribution in [0.2, 0.25) is 0 Å². The van der Waals surface area contributed by atoms with Gasteiger partial charge in [-0.05, 0) is 23.8 Å². The average molecular weight is 367 g/mol. The molecule has 0 aliphatic heterocycles. The lowest BCUT2D eigenvalue weighted by Gasteiger charge is -2.20. The van der Waals surface area contributed by atoms with Gasteiger partial charge in [0.25, 0.3) is 5.91 Å². The molecule has 2 rings (SSSR count). The molecule has 0 unspecified atom stereocenters. The van der Waals surface area contributed by atoms with Gasteiger partial charge in [0.1, 0.15) is 0 Å². The van der Waals surface area contributed by atoms with Crippen LogP contribution < -0.4 is 0 Å². The van der Waals surface area contributed by atoms with Crippen LogP contribution in [0.25, 0.3) is 6.08 Å². The molecule has 1 atom stereocenters. The number of rotatable bonds is 6. The molecule has 0 radical (unpaired) electrons. The van der Waals surface area contributed by atoms with E-state index in [2.05, 4.69) is 4.74 Å². The number of amides is 1. The Morgan fingerprint density at radius 3 is 2.15 bits per heavy atom. The first-order valence-corrected chi connectivity index (χ1v) is 8.25. The van der Waals surface area contributed by atoms with Crippen molar-refractivity contribution < 1.29 is 23.9 Å². The second-order valence-electron chi connectivity index (χ2n) is 5.91. The van der Waals surface area contributed by atoms with Crippen LogP contribution in [0.5, 0.6) is 0 Å². The molecule has 0 aliphatic rings. The Hall–Kier alpha value is -3.41. The topological polar surface area (TPSA) is 72.9 Å². The molecule has 0 fully saturated rings. The molecule has 0 aromatic heterocycles. The van der Waals surface area contributed by atoms with Crippen LogP contribution in [0.15, 0.2) is 60.7 Å². The Morgan fingerprint density at radius 2 is 1.59 bits per heavy atom. The van der Waals surface area contributed by atoms with Crippen molar-refractivity contribution in [2.24, 2.45) is 0 Å². The maximum Gasteiger partial charge on any atom is 0.337 e. The van der Waals surface area contributed by atoms with E-state index in [1.807, 2.05) is 6.07 Å². The highest BCUT2D eigenvalue weighted by atomic mass is 16.5. The van der Waals surface area contributed by atoms with Gasteiger partial charge in [0.15, 0.2) is 0 Å². The normalized spacial score (nSPS) is 11.7. The maximum absolute atomic E-state index is 12.4. The number of methoxy groups -OCH3 is 1. The number of carbonyl (C=O) groups excluding carboxylic acids is 3. The summed E-state index contributed by atoms with van der Waals surface area (Å²) in [7, 11) is 4.51. The van der Waals surface area contributed by atoms with Gasteiger partial charge in [-0.2, -0.15) is 0 Å². The molecular weight excluding hydrogens is 346 g/mol. The number of carbonyl (C=O) groups is 3. The highest BCUT2D eigenvalue weighted by Gasteiger charge is 2.25. The van der Waals surface area contributed by atoms with Gasteiger partial charge in [-0.25, -0.2) is 9.59 Å². The molecule has 140 valence electrons. The van der Waals surface area contributed by atoms with E-state index in [1.165, 1.54) is 18.1 Å². The summed E-state index contributed by atoms with van der Waals surface area (Å²) in [6.45, 7) is 0. The maximum atomic E-state index is 12.4. The van der Waals surface area contributed by atoms with Crippen molar-refractivity contribution in [3.63, 3.8) is 0 Å². The summed E-state index contributed by atoms with van der Waals surface area (Å²) >= 11 is 0. The predicted molar refractivity (Wildman–Crippen MR) is 101 cm³/mol. The third-order valence-electron chi connectivity index (χ3n) is 3.75. The SMILES string of the molecule is COC(=O)c1ccc(/C=C/C(=O)O[C@@H](C(=O)N(C)C)c2ccccc2)cc1. The predicted octanol–water partition coefficient (Wildman–Crippen LogP) is 2.86. The summed E-state index contributed by atoms with van der Waals surface area (Å²) in [4.78, 5) is 37.3. The van der Waals surface area contributed by atoms with Crippen molar-refractivity contribution in [2.45, 2.75) is 6.10 Å². The van der Waals surface area contributed by atoms with Crippen molar-refractivity contribution in [3.8, 4) is 0 Å². The van der Waals surface area contributed by atoms with Crippen molar-refractivity contribution in [1.82, 2.24) is 4.90 Å². The van der Waals surface area contributed by atoms with Gasteiger partial charge < -0.3 is 14.4 Å². The monoisotopic (exact) mass is 367 g/mol. The number of nitrogens with zero attached hydrogens (tertiary/aromatic N) is 1. The van der Waals surface area contributed by atoms with Gasteiger partial charge in [-0.15, -0.1) is 0 Å². The highest BCUT2D eigenvalue weighted by Crippen LogP contribution is 2.20. The van der Waals surface area contributed by atoms with Crippen LogP contribution in [0, 0.1) is 0 Å². The zero-order valence-electron chi connectivity index (χ0n) is 15.4. The summed E-state index contributed by atoms with van der Waals surface area (Å²) in [5.74, 6) is -1.40. The van der Waals surface area contributed by atoms with Gasteiger partial charge in [0.2, 0.25) is 6.10 Å². The van der Waals surface area contributed by atoms with Gasteiger partial charge in [-0.1, -0.05) is 42.5 Å². The highest BCUT2D eigenvalue weighted by molar-refractivity contribution is 5.92. The minimum absolute atomic E-state index is 0.328. The summed E-state index contributed by atoms with van der Waals surface area (Å²) in [6.07, 6.45) is 1.78. The summed E-state index contributed by atoms with van der Waals surface area (Å²) in [5, 5.41) is 0. The summed E-state index contributed by atoms with van der Waals surface area (Å²) in [6, 6.07) is 15.4. The van der Waals surface area contributed by atoms with Crippen LogP contribution in [-0.2, 0) is 19.1 Å². The summed E-state index contributed by atoms with van der Waals surface area (Å²) < 4.78 is 10.0. The van der Waals surface area contributed by atoms with Crippen LogP contribution in [0.4, 0.5) is 0 Å². The molecular formula is C21H21NO5. The number of hydrogen-bond donors (Lipinski definition) is 0. The summed E-state index contributed by atoms with van der Waals surface area (Å²) in [5.41, 5.74) is 1.72. The first kappa shape index (κ1) is 19.9. The number of likely N-dealkylation sites (N-methyl/N-ethyl adjacent to an activating group) is 1. The lowest BCUT2D eigenvalue weighted by Crippen LogP contribution is -2.30. The molecule has 27 heavy (non-hydrogen) atoms. The average Bonchev–Trinajstić information content (AvgIpc) is 2.70. The molecule has 0 N–H and O–H groups in total. The second kappa shape index (κ2) is 9.33. The van der Waals surface area contributed by atoms with Gasteiger partial charge in [0, 0.05) is 25.7 Å². The molecule has 1 amide bonds. The van der Waals surface area contributed by atoms with E-state index in [1.54, 1.807) is 68.7 Å². The molecule has 6 nitrogen and oxygen atoms in total. The van der Waals surface area contributed by atoms with Crippen molar-refractivity contribution >= 4 is 23.9 Å². The molecule has 2 aromatic carbocycles. The van der Waals surface area contributed by atoms with Crippen molar-refractivity contribution in [1.29, 1.82) is 0 Å². The van der Waals surface area contributed by atoms with Crippen LogP contribution in [0.3, 0.4) is 0 Å². The molecule has 0 saturated heterocycles. The zero-order valence-corrected chi connectivity index (χ0v) is 15.4. The van der Waals surface area contributed by atoms with Crippen LogP contribution >= 0.6 is 0 Å². The number of esters is 2. The smallest absolute Gasteiger partial charge is 0.337 e. The Morgan fingerprint density at radius 1 is 0.963 bits per heavy atom. The third kappa shape index (κ3) is 5.54. The molecule has 0 heterocycles.